The average molecular weight is 221 g/mol. The Labute approximate surface area is 96.5 Å². The summed E-state index contributed by atoms with van der Waals surface area (Å²) >= 11 is 0. The van der Waals surface area contributed by atoms with Crippen LogP contribution in [0.15, 0.2) is 18.3 Å². The molecule has 0 saturated carbocycles. The van der Waals surface area contributed by atoms with Crippen LogP contribution in [-0.4, -0.2) is 31.0 Å². The zero-order valence-corrected chi connectivity index (χ0v) is 10.1. The number of carbonyl (C=O) groups is 1. The molecule has 2 N–H and O–H groups in total. The van der Waals surface area contributed by atoms with Gasteiger partial charge in [0.1, 0.15) is 0 Å². The second kappa shape index (κ2) is 6.23. The summed E-state index contributed by atoms with van der Waals surface area (Å²) < 4.78 is 0. The molecule has 1 aromatic rings. The fraction of sp³-hybridized carbons (Fsp3) is 0.500. The molecular weight excluding hydrogens is 202 g/mol. The summed E-state index contributed by atoms with van der Waals surface area (Å²) in [6.45, 7) is 5.50. The minimum Gasteiger partial charge on any atom is -0.352 e. The van der Waals surface area contributed by atoms with Crippen molar-refractivity contribution in [2.24, 2.45) is 5.92 Å². The second-order valence-corrected chi connectivity index (χ2v) is 4.01. The first-order chi connectivity index (χ1) is 7.65. The van der Waals surface area contributed by atoms with Crippen LogP contribution < -0.4 is 10.6 Å². The van der Waals surface area contributed by atoms with E-state index in [0.29, 0.717) is 18.0 Å². The lowest BCUT2D eigenvalue weighted by Crippen LogP contribution is -2.32. The maximum Gasteiger partial charge on any atom is 0.253 e. The summed E-state index contributed by atoms with van der Waals surface area (Å²) in [5, 5.41) is 5.98. The molecule has 1 rings (SSSR count). The molecule has 1 aromatic heterocycles. The van der Waals surface area contributed by atoms with Gasteiger partial charge in [-0.1, -0.05) is 6.92 Å². The van der Waals surface area contributed by atoms with Gasteiger partial charge in [0.15, 0.2) is 0 Å². The highest BCUT2D eigenvalue weighted by atomic mass is 16.1. The number of carbonyl (C=O) groups excluding carboxylic acids is 1. The van der Waals surface area contributed by atoms with Gasteiger partial charge in [0.25, 0.3) is 5.91 Å². The average Bonchev–Trinajstić information content (AvgIpc) is 2.27. The predicted molar refractivity (Wildman–Crippen MR) is 64.4 cm³/mol. The van der Waals surface area contributed by atoms with Crippen molar-refractivity contribution < 1.29 is 4.79 Å². The Bertz CT molecular complexity index is 352. The molecular formula is C12H19N3O. The lowest BCUT2D eigenvalue weighted by atomic mass is 10.1. The zero-order valence-electron chi connectivity index (χ0n) is 10.1. The molecule has 0 fully saturated rings. The third-order valence-electron chi connectivity index (χ3n) is 2.42. The summed E-state index contributed by atoms with van der Waals surface area (Å²) in [6.07, 6.45) is 1.69. The van der Waals surface area contributed by atoms with Crippen molar-refractivity contribution in [2.45, 2.75) is 13.8 Å². The topological polar surface area (TPSA) is 54.0 Å². The van der Waals surface area contributed by atoms with Crippen LogP contribution in [0.3, 0.4) is 0 Å². The number of rotatable bonds is 5. The fourth-order valence-electron chi connectivity index (χ4n) is 1.51. The molecule has 0 saturated heterocycles. The van der Waals surface area contributed by atoms with Crippen molar-refractivity contribution >= 4 is 5.91 Å². The number of nitrogens with one attached hydrogen (secondary N) is 2. The van der Waals surface area contributed by atoms with Crippen LogP contribution in [0.4, 0.5) is 0 Å². The molecule has 0 aliphatic rings. The molecule has 4 nitrogen and oxygen atoms in total. The number of pyridine rings is 1. The smallest absolute Gasteiger partial charge is 0.253 e. The van der Waals surface area contributed by atoms with Gasteiger partial charge in [-0.2, -0.15) is 0 Å². The van der Waals surface area contributed by atoms with E-state index in [1.807, 2.05) is 14.0 Å². The zero-order chi connectivity index (χ0) is 12.0. The monoisotopic (exact) mass is 221 g/mol. The highest BCUT2D eigenvalue weighted by Gasteiger charge is 2.09. The standard InChI is InChI=1S/C12H19N3O/c1-9(7-13-3)8-15-12(16)11-5-4-6-14-10(11)2/h4-6,9,13H,7-8H2,1-3H3,(H,15,16). The Balaban J connectivity index is 2.50. The molecule has 1 amide bonds. The van der Waals surface area contributed by atoms with Crippen LogP contribution >= 0.6 is 0 Å². The number of hydrogen-bond acceptors (Lipinski definition) is 3. The van der Waals surface area contributed by atoms with Crippen molar-refractivity contribution in [1.29, 1.82) is 0 Å². The van der Waals surface area contributed by atoms with Gasteiger partial charge in [-0.15, -0.1) is 0 Å². The number of aromatic nitrogens is 1. The quantitative estimate of drug-likeness (QED) is 0.779. The van der Waals surface area contributed by atoms with E-state index in [0.717, 1.165) is 12.2 Å². The van der Waals surface area contributed by atoms with E-state index in [1.54, 1.807) is 18.3 Å². The van der Waals surface area contributed by atoms with Crippen LogP contribution in [0, 0.1) is 12.8 Å². The van der Waals surface area contributed by atoms with Crippen LogP contribution in [-0.2, 0) is 0 Å². The largest absolute Gasteiger partial charge is 0.352 e. The number of aryl methyl sites for hydroxylation is 1. The lowest BCUT2D eigenvalue weighted by Gasteiger charge is -2.12. The Morgan fingerprint density at radius 2 is 2.25 bits per heavy atom. The van der Waals surface area contributed by atoms with E-state index in [-0.39, 0.29) is 5.91 Å². The SMILES string of the molecule is CNCC(C)CNC(=O)c1cccnc1C. The molecule has 0 radical (unpaired) electrons. The van der Waals surface area contributed by atoms with Crippen LogP contribution in [0.5, 0.6) is 0 Å². The minimum atomic E-state index is -0.0476. The Morgan fingerprint density at radius 1 is 1.50 bits per heavy atom. The third kappa shape index (κ3) is 3.62. The Hall–Kier alpha value is -1.42. The van der Waals surface area contributed by atoms with Crippen LogP contribution in [0.25, 0.3) is 0 Å². The van der Waals surface area contributed by atoms with E-state index in [2.05, 4.69) is 22.5 Å². The first kappa shape index (κ1) is 12.6. The van der Waals surface area contributed by atoms with Gasteiger partial charge in [-0.05, 0) is 38.6 Å². The molecule has 0 aliphatic heterocycles. The maximum atomic E-state index is 11.8. The van der Waals surface area contributed by atoms with Crippen LogP contribution in [0.2, 0.25) is 0 Å². The molecule has 16 heavy (non-hydrogen) atoms. The van der Waals surface area contributed by atoms with Crippen molar-refractivity contribution in [2.75, 3.05) is 20.1 Å². The van der Waals surface area contributed by atoms with Crippen LogP contribution in [0.1, 0.15) is 23.0 Å². The van der Waals surface area contributed by atoms with Gasteiger partial charge in [0.2, 0.25) is 0 Å². The molecule has 0 aliphatic carbocycles. The first-order valence-electron chi connectivity index (χ1n) is 5.49. The molecule has 0 aromatic carbocycles. The van der Waals surface area contributed by atoms with Gasteiger partial charge in [-0.3, -0.25) is 9.78 Å². The van der Waals surface area contributed by atoms with Gasteiger partial charge in [-0.25, -0.2) is 0 Å². The molecule has 88 valence electrons. The first-order valence-corrected chi connectivity index (χ1v) is 5.49. The molecule has 0 spiro atoms. The van der Waals surface area contributed by atoms with E-state index in [4.69, 9.17) is 0 Å². The van der Waals surface area contributed by atoms with Crippen molar-refractivity contribution in [3.63, 3.8) is 0 Å². The van der Waals surface area contributed by atoms with E-state index in [1.165, 1.54) is 0 Å². The summed E-state index contributed by atoms with van der Waals surface area (Å²) in [6, 6.07) is 3.57. The van der Waals surface area contributed by atoms with E-state index >= 15 is 0 Å². The number of amides is 1. The molecule has 1 heterocycles. The molecule has 0 bridgehead atoms. The molecule has 4 heteroatoms. The number of nitrogens with zero attached hydrogens (tertiary/aromatic N) is 1. The fourth-order valence-corrected chi connectivity index (χ4v) is 1.51. The highest BCUT2D eigenvalue weighted by Crippen LogP contribution is 2.03. The highest BCUT2D eigenvalue weighted by molar-refractivity contribution is 5.95. The van der Waals surface area contributed by atoms with Gasteiger partial charge < -0.3 is 10.6 Å². The number of hydrogen-bond donors (Lipinski definition) is 2. The van der Waals surface area contributed by atoms with Crippen molar-refractivity contribution in [3.8, 4) is 0 Å². The van der Waals surface area contributed by atoms with Crippen molar-refractivity contribution in [1.82, 2.24) is 15.6 Å². The normalized spacial score (nSPS) is 12.2. The predicted octanol–water partition coefficient (Wildman–Crippen LogP) is 0.975. The van der Waals surface area contributed by atoms with Gasteiger partial charge >= 0.3 is 0 Å². The van der Waals surface area contributed by atoms with E-state index in [9.17, 15) is 4.79 Å². The Morgan fingerprint density at radius 3 is 2.88 bits per heavy atom. The molecule has 1 atom stereocenters. The Kier molecular flexibility index (Phi) is 4.92. The molecule has 1 unspecified atom stereocenters. The van der Waals surface area contributed by atoms with E-state index < -0.39 is 0 Å². The maximum absolute atomic E-state index is 11.8. The van der Waals surface area contributed by atoms with Crippen molar-refractivity contribution in [3.05, 3.63) is 29.6 Å². The summed E-state index contributed by atoms with van der Waals surface area (Å²) in [5.41, 5.74) is 1.42. The second-order valence-electron chi connectivity index (χ2n) is 4.01. The minimum absolute atomic E-state index is 0.0476. The third-order valence-corrected chi connectivity index (χ3v) is 2.42. The summed E-state index contributed by atoms with van der Waals surface area (Å²) in [7, 11) is 1.91. The lowest BCUT2D eigenvalue weighted by molar-refractivity contribution is 0.0947. The van der Waals surface area contributed by atoms with Gasteiger partial charge in [0, 0.05) is 18.4 Å². The van der Waals surface area contributed by atoms with Gasteiger partial charge in [0.05, 0.1) is 5.56 Å². The summed E-state index contributed by atoms with van der Waals surface area (Å²) in [4.78, 5) is 15.9. The summed E-state index contributed by atoms with van der Waals surface area (Å²) in [5.74, 6) is 0.375.